The molecule has 4 N–H and O–H groups in total. The number of aliphatic hydroxyl groups is 1. The molecular formula is C35H55N3O9P+. The fourth-order valence-electron chi connectivity index (χ4n) is 5.17. The number of allylic oxidation sites excluding steroid dienone is 8. The van der Waals surface area contributed by atoms with E-state index < -0.39 is 50.7 Å². The fourth-order valence-corrected chi connectivity index (χ4v) is 5.64. The van der Waals surface area contributed by atoms with Crippen molar-refractivity contribution in [2.75, 3.05) is 19.8 Å². The molecule has 2 rings (SSSR count). The van der Waals surface area contributed by atoms with Gasteiger partial charge in [0.15, 0.2) is 12.3 Å². The van der Waals surface area contributed by atoms with Crippen LogP contribution in [-0.2, 0) is 23.4 Å². The summed E-state index contributed by atoms with van der Waals surface area (Å²) in [6.07, 6.45) is 27.7. The molecule has 12 nitrogen and oxygen atoms in total. The van der Waals surface area contributed by atoms with E-state index >= 15 is 0 Å². The minimum atomic E-state index is -3.03. The Morgan fingerprint density at radius 1 is 0.938 bits per heavy atom. The number of carbonyl (C=O) groups is 1. The molecule has 3 unspecified atom stereocenters. The smallest absolute Gasteiger partial charge is 0.394 e. The molecule has 2 heterocycles. The van der Waals surface area contributed by atoms with Gasteiger partial charge < -0.3 is 19.9 Å². The molecule has 1 saturated heterocycles. The van der Waals surface area contributed by atoms with Gasteiger partial charge in [0.25, 0.3) is 5.56 Å². The van der Waals surface area contributed by atoms with E-state index in [4.69, 9.17) is 14.0 Å². The summed E-state index contributed by atoms with van der Waals surface area (Å²) < 4.78 is 29.2. The largest absolute Gasteiger partial charge is 0.695 e. The van der Waals surface area contributed by atoms with Crippen molar-refractivity contribution in [3.63, 3.8) is 0 Å². The Kier molecular flexibility index (Phi) is 22.3. The van der Waals surface area contributed by atoms with E-state index in [1.165, 1.54) is 31.9 Å². The topological polar surface area (TPSA) is 169 Å². The number of hydrogen-bond acceptors (Lipinski definition) is 8. The molecule has 0 saturated carbocycles. The highest BCUT2D eigenvalue weighted by molar-refractivity contribution is 7.32. The number of hydrogen-bond donors (Lipinski definition) is 4. The van der Waals surface area contributed by atoms with Gasteiger partial charge >= 0.3 is 13.9 Å². The number of carbonyl (C=O) groups excluding carboxylic acids is 1. The summed E-state index contributed by atoms with van der Waals surface area (Å²) in [6.45, 7) is 2.53. The summed E-state index contributed by atoms with van der Waals surface area (Å²) in [7, 11) is -3.03. The first kappa shape index (κ1) is 41.2. The van der Waals surface area contributed by atoms with Gasteiger partial charge in [-0.25, -0.2) is 4.79 Å². The number of aliphatic hydroxyl groups excluding tert-OH is 1. The summed E-state index contributed by atoms with van der Waals surface area (Å²) in [5.41, 5.74) is -1.33. The van der Waals surface area contributed by atoms with Crippen LogP contribution in [0.5, 0.6) is 0 Å². The molecule has 1 aliphatic rings. The lowest BCUT2D eigenvalue weighted by Gasteiger charge is -2.22. The molecule has 1 aliphatic heterocycles. The van der Waals surface area contributed by atoms with Gasteiger partial charge in [0.05, 0.1) is 6.61 Å². The van der Waals surface area contributed by atoms with Crippen molar-refractivity contribution in [3.05, 3.63) is 81.7 Å². The molecule has 0 spiro atoms. The second-order valence-corrected chi connectivity index (χ2v) is 12.3. The third-order valence-corrected chi connectivity index (χ3v) is 8.16. The first-order valence-electron chi connectivity index (χ1n) is 17.3. The van der Waals surface area contributed by atoms with Gasteiger partial charge in [-0.1, -0.05) is 81.2 Å². The third-order valence-electron chi connectivity index (χ3n) is 7.74. The molecule has 48 heavy (non-hydrogen) atoms. The molecule has 0 bridgehead atoms. The average Bonchev–Trinajstić information content (AvgIpc) is 3.39. The number of rotatable bonds is 26. The quantitative estimate of drug-likeness (QED) is 0.0543. The molecule has 0 aromatic carbocycles. The highest BCUT2D eigenvalue weighted by Gasteiger charge is 2.51. The number of amides is 1. The van der Waals surface area contributed by atoms with E-state index in [0.29, 0.717) is 19.4 Å². The van der Waals surface area contributed by atoms with Crippen LogP contribution in [0.15, 0.2) is 70.5 Å². The highest BCUT2D eigenvalue weighted by Crippen LogP contribution is 2.37. The van der Waals surface area contributed by atoms with Crippen LogP contribution in [0, 0.1) is 0 Å². The van der Waals surface area contributed by atoms with Crippen LogP contribution in [0.2, 0.25) is 0 Å². The maximum atomic E-state index is 12.3. The average molecular weight is 693 g/mol. The molecule has 1 fully saturated rings. The fraction of sp³-hybridized carbons (Fsp3) is 0.629. The Bertz CT molecular complexity index is 1290. The van der Waals surface area contributed by atoms with Gasteiger partial charge in [-0.15, -0.1) is 9.42 Å². The number of aromatic amines is 1. The summed E-state index contributed by atoms with van der Waals surface area (Å²) >= 11 is 0. The van der Waals surface area contributed by atoms with E-state index in [2.05, 4.69) is 65.8 Å². The van der Waals surface area contributed by atoms with Crippen LogP contribution in [0.1, 0.15) is 103 Å². The molecule has 1 amide bonds. The number of aromatic nitrogens is 2. The lowest BCUT2D eigenvalue weighted by molar-refractivity contribution is -0.121. The van der Waals surface area contributed by atoms with E-state index in [1.807, 2.05) is 0 Å². The molecule has 0 aliphatic carbocycles. The SMILES string of the molecule is CCCCC/C=C\C/C=C\C/C=C\C/C=C\CCCC(=O)NCCCCCCOC1C(O[P+](=O)O)[C@@H](CO)O[C@H]1n1ccc(=O)[nH]c1=O. The predicted octanol–water partition coefficient (Wildman–Crippen LogP) is 5.67. The van der Waals surface area contributed by atoms with Crippen LogP contribution in [-0.4, -0.2) is 63.5 Å². The molecule has 1 aromatic rings. The van der Waals surface area contributed by atoms with E-state index in [0.717, 1.165) is 62.0 Å². The third kappa shape index (κ3) is 17.4. The van der Waals surface area contributed by atoms with Crippen LogP contribution in [0.25, 0.3) is 0 Å². The molecular weight excluding hydrogens is 637 g/mol. The normalized spacial score (nSPS) is 20.2. The van der Waals surface area contributed by atoms with E-state index in [-0.39, 0.29) is 12.5 Å². The number of nitrogens with zero attached hydrogens (tertiary/aromatic N) is 1. The van der Waals surface area contributed by atoms with Gasteiger partial charge in [-0.2, -0.15) is 0 Å². The van der Waals surface area contributed by atoms with Crippen LogP contribution >= 0.6 is 8.25 Å². The van der Waals surface area contributed by atoms with Crippen molar-refractivity contribution in [1.29, 1.82) is 0 Å². The molecule has 5 atom stereocenters. The molecule has 1 aromatic heterocycles. The Balaban J connectivity index is 1.54. The Hall–Kier alpha value is -2.99. The highest BCUT2D eigenvalue weighted by atomic mass is 31.1. The minimum absolute atomic E-state index is 0.0469. The standard InChI is InChI=1S/C35H54N3O9P/c1-2-3-4-5-6-7-8-9-10-11-12-13-14-15-16-17-20-23-30(40)36-25-21-18-19-22-27-45-33-32(47-48(43)44)29(28-39)46-34(33)38-26-24-31(41)37-35(38)42/h6-7,9-10,12-13,15-16,24,26,29,32-34,39H,2-5,8,11,14,17-23,25,27-28H2,1H3,(H2-,36,37,40,41,42,43,44)/p+1/b7-6-,10-9-,13-12-,16-15-/t29-,32?,33?,34-/m1/s1. The predicted molar refractivity (Wildman–Crippen MR) is 187 cm³/mol. The Morgan fingerprint density at radius 2 is 1.58 bits per heavy atom. The van der Waals surface area contributed by atoms with Gasteiger partial charge in [-0.3, -0.25) is 19.1 Å². The Morgan fingerprint density at radius 3 is 2.21 bits per heavy atom. The Labute approximate surface area is 284 Å². The van der Waals surface area contributed by atoms with E-state index in [1.54, 1.807) is 0 Å². The number of nitrogens with one attached hydrogen (secondary N) is 2. The maximum Gasteiger partial charge on any atom is 0.695 e. The van der Waals surface area contributed by atoms with Crippen LogP contribution in [0.4, 0.5) is 0 Å². The van der Waals surface area contributed by atoms with Crippen molar-refractivity contribution >= 4 is 14.2 Å². The maximum absolute atomic E-state index is 12.3. The zero-order valence-corrected chi connectivity index (χ0v) is 29.1. The zero-order chi connectivity index (χ0) is 34.8. The van der Waals surface area contributed by atoms with Crippen molar-refractivity contribution < 1.29 is 33.4 Å². The van der Waals surface area contributed by atoms with Gasteiger partial charge in [-0.05, 0) is 57.8 Å². The number of ether oxygens (including phenoxy) is 2. The first-order chi connectivity index (χ1) is 23.4. The summed E-state index contributed by atoms with van der Waals surface area (Å²) in [5, 5.41) is 12.7. The van der Waals surface area contributed by atoms with Crippen LogP contribution < -0.4 is 16.6 Å². The number of H-pyrrole nitrogens is 1. The van der Waals surface area contributed by atoms with Gasteiger partial charge in [0.1, 0.15) is 12.2 Å². The molecule has 0 radical (unpaired) electrons. The number of unbranched alkanes of at least 4 members (excludes halogenated alkanes) is 7. The van der Waals surface area contributed by atoms with Crippen molar-refractivity contribution in [2.24, 2.45) is 0 Å². The zero-order valence-electron chi connectivity index (χ0n) is 28.3. The van der Waals surface area contributed by atoms with Crippen LogP contribution in [0.3, 0.4) is 0 Å². The second-order valence-electron chi connectivity index (χ2n) is 11.7. The van der Waals surface area contributed by atoms with Crippen molar-refractivity contribution in [3.8, 4) is 0 Å². The lowest BCUT2D eigenvalue weighted by Crippen LogP contribution is -2.40. The summed E-state index contributed by atoms with van der Waals surface area (Å²) in [5.74, 6) is 0.0469. The lowest BCUT2D eigenvalue weighted by atomic mass is 10.1. The van der Waals surface area contributed by atoms with Gasteiger partial charge in [0.2, 0.25) is 5.91 Å². The molecule has 268 valence electrons. The van der Waals surface area contributed by atoms with Crippen molar-refractivity contribution in [1.82, 2.24) is 14.9 Å². The summed E-state index contributed by atoms with van der Waals surface area (Å²) in [4.78, 5) is 47.4. The first-order valence-corrected chi connectivity index (χ1v) is 18.4. The van der Waals surface area contributed by atoms with E-state index in [9.17, 15) is 28.9 Å². The molecule has 13 heteroatoms. The minimum Gasteiger partial charge on any atom is -0.394 e. The van der Waals surface area contributed by atoms with Gasteiger partial charge in [0, 0.05) is 36.4 Å². The summed E-state index contributed by atoms with van der Waals surface area (Å²) in [6, 6.07) is 1.14. The second kappa shape index (κ2) is 26.0. The van der Waals surface area contributed by atoms with Crippen molar-refractivity contribution in [2.45, 2.75) is 121 Å². The monoisotopic (exact) mass is 692 g/mol.